The molecule has 0 atom stereocenters. The highest BCUT2D eigenvalue weighted by atomic mass is 32.2. The topological polar surface area (TPSA) is 85.4 Å². The van der Waals surface area contributed by atoms with Gasteiger partial charge in [0.05, 0.1) is 32.2 Å². The van der Waals surface area contributed by atoms with Crippen molar-refractivity contribution in [3.05, 3.63) is 74.5 Å². The maximum atomic E-state index is 14.0. The number of nitrogens with zero attached hydrogens (tertiary/aromatic N) is 2. The standard InChI is InChI=1S/C31H42N2O6S2/c1-22-17-24(3)31(25(4)18-22)41(35,36)33(13-8-15-37-5)21-30(34)32(20-29-23(2)12-16-40-29)14-11-26-9-10-27(38-6)28(19-26)39-7/h9-10,12,16-19H,8,11,13-15,20-21H2,1-7H3. The van der Waals surface area contributed by atoms with Crippen molar-refractivity contribution in [2.24, 2.45) is 0 Å². The smallest absolute Gasteiger partial charge is 0.244 e. The van der Waals surface area contributed by atoms with Crippen LogP contribution in [-0.4, -0.2) is 71.1 Å². The number of carbonyl (C=O) groups excluding carboxylic acids is 1. The van der Waals surface area contributed by atoms with Crippen LogP contribution >= 0.6 is 11.3 Å². The Kier molecular flexibility index (Phi) is 11.8. The van der Waals surface area contributed by atoms with E-state index in [4.69, 9.17) is 14.2 Å². The molecular weight excluding hydrogens is 560 g/mol. The molecule has 0 radical (unpaired) electrons. The number of hydrogen-bond donors (Lipinski definition) is 0. The fourth-order valence-corrected chi connectivity index (χ4v) is 7.72. The molecule has 1 heterocycles. The van der Waals surface area contributed by atoms with Crippen molar-refractivity contribution in [1.29, 1.82) is 0 Å². The van der Waals surface area contributed by atoms with Crippen LogP contribution in [0.2, 0.25) is 0 Å². The number of hydrogen-bond acceptors (Lipinski definition) is 7. The monoisotopic (exact) mass is 602 g/mol. The van der Waals surface area contributed by atoms with Crippen LogP contribution in [0.1, 0.15) is 39.1 Å². The summed E-state index contributed by atoms with van der Waals surface area (Å²) in [4.78, 5) is 17.0. The van der Waals surface area contributed by atoms with Crippen LogP contribution in [0.4, 0.5) is 0 Å². The molecule has 0 aliphatic heterocycles. The van der Waals surface area contributed by atoms with Gasteiger partial charge >= 0.3 is 0 Å². The first kappa shape index (κ1) is 32.6. The van der Waals surface area contributed by atoms with Crippen molar-refractivity contribution in [3.63, 3.8) is 0 Å². The van der Waals surface area contributed by atoms with Crippen molar-refractivity contribution < 1.29 is 27.4 Å². The number of sulfonamides is 1. The van der Waals surface area contributed by atoms with E-state index >= 15 is 0 Å². The van der Waals surface area contributed by atoms with E-state index in [1.807, 2.05) is 55.6 Å². The maximum absolute atomic E-state index is 14.0. The summed E-state index contributed by atoms with van der Waals surface area (Å²) in [5, 5.41) is 2.01. The van der Waals surface area contributed by atoms with E-state index in [2.05, 4.69) is 0 Å². The van der Waals surface area contributed by atoms with Crippen LogP contribution in [0.3, 0.4) is 0 Å². The molecule has 0 aliphatic carbocycles. The van der Waals surface area contributed by atoms with Gasteiger partial charge < -0.3 is 19.1 Å². The fraction of sp³-hybridized carbons (Fsp3) is 0.452. The number of rotatable bonds is 15. The second kappa shape index (κ2) is 14.8. The first-order valence-corrected chi connectivity index (χ1v) is 15.9. The van der Waals surface area contributed by atoms with Crippen molar-refractivity contribution in [2.45, 2.75) is 52.0 Å². The van der Waals surface area contributed by atoms with Crippen LogP contribution in [0.5, 0.6) is 11.5 Å². The van der Waals surface area contributed by atoms with Gasteiger partial charge in [-0.25, -0.2) is 8.42 Å². The number of amides is 1. The Hall–Kier alpha value is -2.92. The van der Waals surface area contributed by atoms with Crippen LogP contribution in [-0.2, 0) is 32.5 Å². The van der Waals surface area contributed by atoms with E-state index in [1.54, 1.807) is 51.4 Å². The Morgan fingerprint density at radius 2 is 1.56 bits per heavy atom. The van der Waals surface area contributed by atoms with E-state index in [0.29, 0.717) is 55.2 Å². The van der Waals surface area contributed by atoms with Crippen LogP contribution < -0.4 is 9.47 Å². The van der Waals surface area contributed by atoms with E-state index < -0.39 is 10.0 Å². The summed E-state index contributed by atoms with van der Waals surface area (Å²) in [7, 11) is 0.822. The predicted molar refractivity (Wildman–Crippen MR) is 164 cm³/mol. The molecule has 224 valence electrons. The summed E-state index contributed by atoms with van der Waals surface area (Å²) in [6.45, 7) is 8.71. The van der Waals surface area contributed by atoms with Crippen molar-refractivity contribution >= 4 is 27.3 Å². The molecule has 0 unspecified atom stereocenters. The predicted octanol–water partition coefficient (Wildman–Crippen LogP) is 5.30. The molecule has 1 amide bonds. The highest BCUT2D eigenvalue weighted by Gasteiger charge is 2.31. The van der Waals surface area contributed by atoms with Crippen molar-refractivity contribution in [2.75, 3.05) is 47.6 Å². The number of aryl methyl sites for hydroxylation is 4. The highest BCUT2D eigenvalue weighted by Crippen LogP contribution is 2.29. The van der Waals surface area contributed by atoms with Gasteiger partial charge in [-0.05, 0) is 86.4 Å². The average Bonchev–Trinajstić information content (AvgIpc) is 3.33. The third-order valence-electron chi connectivity index (χ3n) is 7.04. The SMILES string of the molecule is COCCCN(CC(=O)N(CCc1ccc(OC)c(OC)c1)Cc1sccc1C)S(=O)(=O)c1c(C)cc(C)cc1C. The van der Waals surface area contributed by atoms with Gasteiger partial charge in [0.2, 0.25) is 15.9 Å². The Morgan fingerprint density at radius 3 is 2.15 bits per heavy atom. The Bertz CT molecular complexity index is 1410. The van der Waals surface area contributed by atoms with Gasteiger partial charge in [-0.15, -0.1) is 11.3 Å². The molecule has 41 heavy (non-hydrogen) atoms. The number of thiophene rings is 1. The lowest BCUT2D eigenvalue weighted by Crippen LogP contribution is -2.44. The van der Waals surface area contributed by atoms with Crippen LogP contribution in [0.25, 0.3) is 0 Å². The van der Waals surface area contributed by atoms with E-state index in [9.17, 15) is 13.2 Å². The summed E-state index contributed by atoms with van der Waals surface area (Å²) in [5.41, 5.74) is 4.43. The fourth-order valence-electron chi connectivity index (χ4n) is 4.95. The summed E-state index contributed by atoms with van der Waals surface area (Å²) < 4.78 is 45.3. The zero-order valence-electron chi connectivity index (χ0n) is 25.2. The first-order valence-electron chi connectivity index (χ1n) is 13.6. The van der Waals surface area contributed by atoms with Crippen LogP contribution in [0.15, 0.2) is 46.7 Å². The first-order chi connectivity index (χ1) is 19.5. The average molecular weight is 603 g/mol. The van der Waals surface area contributed by atoms with Gasteiger partial charge in [0.1, 0.15) is 0 Å². The zero-order chi connectivity index (χ0) is 30.2. The molecule has 0 saturated heterocycles. The largest absolute Gasteiger partial charge is 0.493 e. The van der Waals surface area contributed by atoms with Gasteiger partial charge in [-0.1, -0.05) is 23.8 Å². The highest BCUT2D eigenvalue weighted by molar-refractivity contribution is 7.89. The van der Waals surface area contributed by atoms with E-state index in [0.717, 1.165) is 21.6 Å². The molecule has 0 fully saturated rings. The zero-order valence-corrected chi connectivity index (χ0v) is 26.8. The Balaban J connectivity index is 1.91. The summed E-state index contributed by atoms with van der Waals surface area (Å²) in [5.74, 6) is 1.01. The number of ether oxygens (including phenoxy) is 3. The minimum Gasteiger partial charge on any atom is -0.493 e. The molecule has 0 bridgehead atoms. The molecule has 0 spiro atoms. The molecule has 0 N–H and O–H groups in total. The van der Waals surface area contributed by atoms with Gasteiger partial charge in [-0.2, -0.15) is 4.31 Å². The van der Waals surface area contributed by atoms with Gasteiger partial charge in [-0.3, -0.25) is 4.79 Å². The number of methoxy groups -OCH3 is 3. The van der Waals surface area contributed by atoms with Crippen molar-refractivity contribution in [1.82, 2.24) is 9.21 Å². The molecule has 1 aromatic heterocycles. The minimum atomic E-state index is -3.94. The third-order valence-corrected chi connectivity index (χ3v) is 10.2. The summed E-state index contributed by atoms with van der Waals surface area (Å²) in [6, 6.07) is 11.5. The van der Waals surface area contributed by atoms with E-state index in [1.165, 1.54) is 4.31 Å². The number of carbonyl (C=O) groups is 1. The lowest BCUT2D eigenvalue weighted by molar-refractivity contribution is -0.132. The second-order valence-electron chi connectivity index (χ2n) is 10.2. The quantitative estimate of drug-likeness (QED) is 0.220. The summed E-state index contributed by atoms with van der Waals surface area (Å²) >= 11 is 1.59. The van der Waals surface area contributed by atoms with Gasteiger partial charge in [0.15, 0.2) is 11.5 Å². The molecule has 3 rings (SSSR count). The molecule has 3 aromatic rings. The third kappa shape index (κ3) is 8.31. The summed E-state index contributed by atoms with van der Waals surface area (Å²) in [6.07, 6.45) is 1.05. The lowest BCUT2D eigenvalue weighted by Gasteiger charge is -2.28. The van der Waals surface area contributed by atoms with Gasteiger partial charge in [0.25, 0.3) is 0 Å². The van der Waals surface area contributed by atoms with E-state index in [-0.39, 0.29) is 23.9 Å². The van der Waals surface area contributed by atoms with Gasteiger partial charge in [0, 0.05) is 31.7 Å². The normalized spacial score (nSPS) is 11.6. The molecule has 0 saturated carbocycles. The molecular formula is C31H42N2O6S2. The van der Waals surface area contributed by atoms with Crippen LogP contribution in [0, 0.1) is 27.7 Å². The van der Waals surface area contributed by atoms with Crippen molar-refractivity contribution in [3.8, 4) is 11.5 Å². The minimum absolute atomic E-state index is 0.177. The number of benzene rings is 2. The second-order valence-corrected chi connectivity index (χ2v) is 13.1. The molecule has 8 nitrogen and oxygen atoms in total. The maximum Gasteiger partial charge on any atom is 0.244 e. The lowest BCUT2D eigenvalue weighted by atomic mass is 10.1. The molecule has 10 heteroatoms. The Morgan fingerprint density at radius 1 is 0.878 bits per heavy atom. The Labute approximate surface area is 248 Å². The molecule has 2 aromatic carbocycles. The molecule has 0 aliphatic rings.